The highest BCUT2D eigenvalue weighted by atomic mass is 32.2. The minimum atomic E-state index is -3.91. The van der Waals surface area contributed by atoms with E-state index < -0.39 is 28.5 Å². The molecular weight excluding hydrogens is 518 g/mol. The van der Waals surface area contributed by atoms with Crippen molar-refractivity contribution < 1.29 is 27.5 Å². The molecule has 0 aliphatic heterocycles. The van der Waals surface area contributed by atoms with Crippen molar-refractivity contribution in [3.8, 4) is 11.5 Å². The number of hydrogen-bond donors (Lipinski definition) is 1. The zero-order chi connectivity index (χ0) is 28.6. The number of nitrogens with one attached hydrogen (secondary N) is 1. The summed E-state index contributed by atoms with van der Waals surface area (Å²) in [4.78, 5) is 29.0. The van der Waals surface area contributed by atoms with E-state index in [0.717, 1.165) is 53.8 Å². The predicted octanol–water partition coefficient (Wildman–Crippen LogP) is 4.03. The van der Waals surface area contributed by atoms with E-state index >= 15 is 0 Å². The summed E-state index contributed by atoms with van der Waals surface area (Å²) in [5, 5.41) is 3.15. The fourth-order valence-corrected chi connectivity index (χ4v) is 5.87. The van der Waals surface area contributed by atoms with Gasteiger partial charge in [0, 0.05) is 18.7 Å². The van der Waals surface area contributed by atoms with Crippen LogP contribution in [0.1, 0.15) is 56.6 Å². The number of amides is 2. The first-order valence-electron chi connectivity index (χ1n) is 13.4. The summed E-state index contributed by atoms with van der Waals surface area (Å²) in [5.41, 5.74) is 2.05. The first-order valence-corrected chi connectivity index (χ1v) is 15.3. The second-order valence-corrected chi connectivity index (χ2v) is 11.9. The third-order valence-electron chi connectivity index (χ3n) is 7.27. The minimum absolute atomic E-state index is 0.0873. The van der Waals surface area contributed by atoms with Crippen molar-refractivity contribution >= 4 is 27.5 Å². The number of methoxy groups -OCH3 is 2. The lowest BCUT2D eigenvalue weighted by Crippen LogP contribution is -2.54. The first-order chi connectivity index (χ1) is 18.6. The Morgan fingerprint density at radius 1 is 1.05 bits per heavy atom. The van der Waals surface area contributed by atoms with Crippen LogP contribution in [-0.2, 0) is 26.2 Å². The molecule has 0 spiro atoms. The molecule has 1 aliphatic rings. The van der Waals surface area contributed by atoms with Gasteiger partial charge in [0.15, 0.2) is 0 Å². The van der Waals surface area contributed by atoms with Crippen molar-refractivity contribution in [2.45, 2.75) is 71.0 Å². The average Bonchev–Trinajstić information content (AvgIpc) is 2.92. The monoisotopic (exact) mass is 559 g/mol. The molecule has 2 amide bonds. The van der Waals surface area contributed by atoms with Crippen molar-refractivity contribution in [1.82, 2.24) is 10.2 Å². The van der Waals surface area contributed by atoms with Crippen LogP contribution in [0.15, 0.2) is 42.5 Å². The summed E-state index contributed by atoms with van der Waals surface area (Å²) < 4.78 is 37.7. The molecule has 1 unspecified atom stereocenters. The van der Waals surface area contributed by atoms with E-state index in [1.165, 1.54) is 25.2 Å². The van der Waals surface area contributed by atoms with Crippen LogP contribution in [0.25, 0.3) is 0 Å². The number of nitrogens with zero attached hydrogens (tertiary/aromatic N) is 2. The molecule has 1 N–H and O–H groups in total. The summed E-state index contributed by atoms with van der Waals surface area (Å²) in [6.07, 6.45) is 6.57. The van der Waals surface area contributed by atoms with Crippen molar-refractivity contribution in [1.29, 1.82) is 0 Å². The zero-order valence-electron chi connectivity index (χ0n) is 23.6. The van der Waals surface area contributed by atoms with Gasteiger partial charge in [0.25, 0.3) is 0 Å². The molecule has 0 aromatic heterocycles. The molecule has 0 heterocycles. The van der Waals surface area contributed by atoms with Gasteiger partial charge in [-0.2, -0.15) is 0 Å². The Morgan fingerprint density at radius 3 is 2.33 bits per heavy atom. The van der Waals surface area contributed by atoms with Gasteiger partial charge >= 0.3 is 0 Å². The standard InChI is InChI=1S/C29H41N3O6S/c1-6-25(29(34)30-23-14-8-7-9-15-23)31(19-22-13-11-10-12-21(22)2)28(33)20-32(39(5,35)36)26-18-24(37-3)16-17-27(26)38-4/h10-13,16-18,23,25H,6-9,14-15,19-20H2,1-5H3,(H,30,34). The topological polar surface area (TPSA) is 105 Å². The molecular formula is C29H41N3O6S. The largest absolute Gasteiger partial charge is 0.497 e. The van der Waals surface area contributed by atoms with Gasteiger partial charge in [-0.1, -0.05) is 50.5 Å². The summed E-state index contributed by atoms with van der Waals surface area (Å²) in [6, 6.07) is 11.8. The Kier molecular flexibility index (Phi) is 10.6. The van der Waals surface area contributed by atoms with Crippen molar-refractivity contribution in [2.24, 2.45) is 0 Å². The number of sulfonamides is 1. The van der Waals surface area contributed by atoms with E-state index in [4.69, 9.17) is 9.47 Å². The third-order valence-corrected chi connectivity index (χ3v) is 8.40. The maximum Gasteiger partial charge on any atom is 0.244 e. The predicted molar refractivity (Wildman–Crippen MR) is 153 cm³/mol. The first kappa shape index (κ1) is 30.3. The molecule has 1 fully saturated rings. The molecule has 2 aromatic rings. The van der Waals surface area contributed by atoms with Gasteiger partial charge in [0.05, 0.1) is 26.2 Å². The SMILES string of the molecule is CCC(C(=O)NC1CCCCC1)N(Cc1ccccc1C)C(=O)CN(c1cc(OC)ccc1OC)S(C)(=O)=O. The molecule has 1 aliphatic carbocycles. The van der Waals surface area contributed by atoms with E-state index in [2.05, 4.69) is 5.32 Å². The highest BCUT2D eigenvalue weighted by Crippen LogP contribution is 2.34. The normalized spacial score (nSPS) is 14.8. The van der Waals surface area contributed by atoms with Crippen LogP contribution in [0.2, 0.25) is 0 Å². The van der Waals surface area contributed by atoms with Crippen molar-refractivity contribution in [3.05, 3.63) is 53.6 Å². The van der Waals surface area contributed by atoms with Gasteiger partial charge in [-0.05, 0) is 49.4 Å². The molecule has 0 radical (unpaired) electrons. The number of benzene rings is 2. The molecule has 2 aromatic carbocycles. The van der Waals surface area contributed by atoms with E-state index in [1.807, 2.05) is 38.1 Å². The summed E-state index contributed by atoms with van der Waals surface area (Å²) >= 11 is 0. The van der Waals surface area contributed by atoms with Crippen LogP contribution in [0.4, 0.5) is 5.69 Å². The van der Waals surface area contributed by atoms with Crippen molar-refractivity contribution in [2.75, 3.05) is 31.3 Å². The Balaban J connectivity index is 1.98. The van der Waals surface area contributed by atoms with Gasteiger partial charge in [-0.15, -0.1) is 0 Å². The molecule has 1 atom stereocenters. The van der Waals surface area contributed by atoms with Gasteiger partial charge in [-0.25, -0.2) is 8.42 Å². The number of carbonyl (C=O) groups is 2. The molecule has 9 nitrogen and oxygen atoms in total. The fraction of sp³-hybridized carbons (Fsp3) is 0.517. The molecule has 10 heteroatoms. The highest BCUT2D eigenvalue weighted by Gasteiger charge is 2.33. The van der Waals surface area contributed by atoms with Crippen LogP contribution in [-0.4, -0.2) is 64.2 Å². The highest BCUT2D eigenvalue weighted by molar-refractivity contribution is 7.92. The van der Waals surface area contributed by atoms with Gasteiger partial charge in [0.2, 0.25) is 21.8 Å². The molecule has 39 heavy (non-hydrogen) atoms. The number of aryl methyl sites for hydroxylation is 1. The summed E-state index contributed by atoms with van der Waals surface area (Å²) in [7, 11) is -1.01. The van der Waals surface area contributed by atoms with Crippen LogP contribution in [0.5, 0.6) is 11.5 Å². The maximum atomic E-state index is 14.0. The Bertz CT molecular complexity index is 1240. The lowest BCUT2D eigenvalue weighted by molar-refractivity contribution is -0.140. The van der Waals surface area contributed by atoms with Crippen LogP contribution in [0, 0.1) is 6.92 Å². The van der Waals surface area contributed by atoms with Crippen LogP contribution in [0.3, 0.4) is 0 Å². The quantitative estimate of drug-likeness (QED) is 0.421. The second-order valence-electron chi connectivity index (χ2n) is 10.0. The molecule has 214 valence electrons. The molecule has 0 saturated heterocycles. The Morgan fingerprint density at radius 2 is 1.74 bits per heavy atom. The molecule has 3 rings (SSSR count). The van der Waals surface area contributed by atoms with E-state index in [0.29, 0.717) is 12.2 Å². The fourth-order valence-electron chi connectivity index (χ4n) is 5.02. The summed E-state index contributed by atoms with van der Waals surface area (Å²) in [6.45, 7) is 3.49. The average molecular weight is 560 g/mol. The van der Waals surface area contributed by atoms with Crippen LogP contribution >= 0.6 is 0 Å². The van der Waals surface area contributed by atoms with Crippen molar-refractivity contribution in [3.63, 3.8) is 0 Å². The van der Waals surface area contributed by atoms with E-state index in [9.17, 15) is 18.0 Å². The number of carbonyl (C=O) groups excluding carboxylic acids is 2. The van der Waals surface area contributed by atoms with E-state index in [-0.39, 0.29) is 29.9 Å². The summed E-state index contributed by atoms with van der Waals surface area (Å²) in [5.74, 6) is -0.00100. The second kappa shape index (κ2) is 13.7. The zero-order valence-corrected chi connectivity index (χ0v) is 24.4. The molecule has 0 bridgehead atoms. The third kappa shape index (κ3) is 7.88. The van der Waals surface area contributed by atoms with Crippen LogP contribution < -0.4 is 19.1 Å². The van der Waals surface area contributed by atoms with Gasteiger partial charge < -0.3 is 19.7 Å². The number of rotatable bonds is 12. The maximum absolute atomic E-state index is 14.0. The minimum Gasteiger partial charge on any atom is -0.497 e. The number of anilines is 1. The Labute approximate surface area is 232 Å². The van der Waals surface area contributed by atoms with Gasteiger partial charge in [-0.3, -0.25) is 13.9 Å². The molecule has 1 saturated carbocycles. The smallest absolute Gasteiger partial charge is 0.244 e. The number of ether oxygens (including phenoxy) is 2. The number of hydrogen-bond acceptors (Lipinski definition) is 6. The van der Waals surface area contributed by atoms with Gasteiger partial charge in [0.1, 0.15) is 24.1 Å². The lowest BCUT2D eigenvalue weighted by Gasteiger charge is -2.34. The Hall–Kier alpha value is -3.27. The lowest BCUT2D eigenvalue weighted by atomic mass is 9.95. The van der Waals surface area contributed by atoms with E-state index in [1.54, 1.807) is 12.1 Å².